The van der Waals surface area contributed by atoms with Gasteiger partial charge in [-0.2, -0.15) is 0 Å². The van der Waals surface area contributed by atoms with Crippen molar-refractivity contribution in [2.45, 2.75) is 143 Å². The molecule has 4 fully saturated rings. The van der Waals surface area contributed by atoms with Gasteiger partial charge in [0.15, 0.2) is 23.3 Å². The zero-order chi connectivity index (χ0) is 91.6. The summed E-state index contributed by atoms with van der Waals surface area (Å²) in [6.07, 6.45) is 7.96. The predicted molar refractivity (Wildman–Crippen MR) is 512 cm³/mol. The van der Waals surface area contributed by atoms with Crippen LogP contribution in [0.5, 0.6) is 11.5 Å². The molecule has 34 heteroatoms. The van der Waals surface area contributed by atoms with E-state index in [4.69, 9.17) is 50.3 Å². The number of furan rings is 4. The van der Waals surface area contributed by atoms with Crippen molar-refractivity contribution in [3.05, 3.63) is 262 Å². The summed E-state index contributed by atoms with van der Waals surface area (Å²) in [5.74, 6) is 10.2. The number of unbranched alkanes of at least 4 members (excludes halogenated alkanes) is 2. The number of fused-ring (bicyclic) bond motifs is 4. The van der Waals surface area contributed by atoms with Gasteiger partial charge >= 0.3 is 0 Å². The van der Waals surface area contributed by atoms with Gasteiger partial charge < -0.3 is 46.7 Å². The van der Waals surface area contributed by atoms with E-state index >= 15 is 0 Å². The average molecular weight is 1830 g/mol. The molecule has 4 aliphatic heterocycles. The number of halogens is 2. The number of aromatic nitrogens is 18. The maximum absolute atomic E-state index is 6.49. The molecule has 6 aromatic carbocycles. The Morgan fingerprint density at radius 2 is 0.629 bits per heavy atom. The number of pyridine rings is 2. The second-order valence-corrected chi connectivity index (χ2v) is 36.7. The van der Waals surface area contributed by atoms with Gasteiger partial charge in [-0.25, -0.2) is 28.7 Å². The van der Waals surface area contributed by atoms with Crippen molar-refractivity contribution in [2.24, 2.45) is 0 Å². The smallest absolute Gasteiger partial charge is 0.176 e. The zero-order valence-corrected chi connectivity index (χ0v) is 78.7. The van der Waals surface area contributed by atoms with Crippen molar-refractivity contribution in [1.82, 2.24) is 110 Å². The van der Waals surface area contributed by atoms with E-state index in [1.54, 1.807) is 14.2 Å². The average Bonchev–Trinajstić information content (AvgIpc) is 1.62. The van der Waals surface area contributed by atoms with Gasteiger partial charge in [-0.3, -0.25) is 19.6 Å². The van der Waals surface area contributed by atoms with Crippen LogP contribution in [0.1, 0.15) is 163 Å². The SMILES string of the molecule is CCCCn1nnnc1C(c1cc2ccccc2o1)N1CCN(c2ccccc2OC)CC1.CCCCn1nnnc1C(c1cc2ccccc2o1)N1CCN(c2ncc(C)cc2Cl)CC1.COc1ccccc1N1CCN(C(c2cc3ccccc3o2)c2nnnn2C(C)(C)C)CC1.Cc1cnc(N2CCN(C(c3cc4ccccc4o3)c3nnnn3C(C)(C)C)CC2)c(Cl)c1. The van der Waals surface area contributed by atoms with E-state index in [0.29, 0.717) is 10.0 Å². The van der Waals surface area contributed by atoms with Gasteiger partial charge in [-0.05, 0) is 206 Å². The van der Waals surface area contributed by atoms with E-state index in [0.717, 1.165) is 279 Å². The summed E-state index contributed by atoms with van der Waals surface area (Å²) < 4.78 is 44.2. The lowest BCUT2D eigenvalue weighted by molar-refractivity contribution is 0.174. The van der Waals surface area contributed by atoms with Gasteiger partial charge in [0.1, 0.15) is 92.7 Å². The Kier molecular flexibility index (Phi) is 28.3. The molecule has 0 aliphatic carbocycles. The van der Waals surface area contributed by atoms with E-state index in [1.165, 1.54) is 0 Å². The maximum Gasteiger partial charge on any atom is 0.176 e. The lowest BCUT2D eigenvalue weighted by atomic mass is 10.1. The Morgan fingerprint density at radius 3 is 0.924 bits per heavy atom. The Balaban J connectivity index is 0.000000123. The number of hydrogen-bond donors (Lipinski definition) is 0. The molecule has 4 saturated heterocycles. The third kappa shape index (κ3) is 20.3. The number of anilines is 4. The van der Waals surface area contributed by atoms with Gasteiger partial charge in [-0.1, -0.05) is 147 Å². The van der Waals surface area contributed by atoms with Crippen molar-refractivity contribution >= 4 is 90.1 Å². The Morgan fingerprint density at radius 1 is 0.348 bits per heavy atom. The van der Waals surface area contributed by atoms with Crippen molar-refractivity contribution < 1.29 is 27.1 Å². The second-order valence-electron chi connectivity index (χ2n) is 35.9. The lowest BCUT2D eigenvalue weighted by Crippen LogP contribution is -2.49. The summed E-state index contributed by atoms with van der Waals surface area (Å²) in [6.45, 7) is 35.9. The summed E-state index contributed by atoms with van der Waals surface area (Å²) in [6, 6.07) is 60.5. The first-order valence-electron chi connectivity index (χ1n) is 45.7. The van der Waals surface area contributed by atoms with Gasteiger partial charge in [0.25, 0.3) is 0 Å². The van der Waals surface area contributed by atoms with Crippen LogP contribution >= 0.6 is 23.2 Å². The van der Waals surface area contributed by atoms with Gasteiger partial charge in [0.2, 0.25) is 0 Å². The van der Waals surface area contributed by atoms with Crippen LogP contribution in [0.15, 0.2) is 212 Å². The van der Waals surface area contributed by atoms with Gasteiger partial charge in [-0.15, -0.1) is 20.4 Å². The molecule has 0 radical (unpaired) electrons. The number of hydrogen-bond acceptors (Lipinski definition) is 28. The molecule has 0 N–H and O–H groups in total. The predicted octanol–water partition coefficient (Wildman–Crippen LogP) is 17.2. The van der Waals surface area contributed by atoms with Crippen LogP contribution in [-0.4, -0.2) is 229 Å². The number of rotatable bonds is 24. The van der Waals surface area contributed by atoms with Crippen LogP contribution in [0.25, 0.3) is 43.9 Å². The number of ether oxygens (including phenoxy) is 2. The number of aryl methyl sites for hydroxylation is 4. The molecule has 0 bridgehead atoms. The maximum atomic E-state index is 6.49. The molecular formula is C98H116Cl2N26O6. The minimum Gasteiger partial charge on any atom is -0.495 e. The molecule has 14 heterocycles. The summed E-state index contributed by atoms with van der Waals surface area (Å²) in [7, 11) is 3.45. The molecular weight excluding hydrogens is 1710 g/mol. The normalized spacial score (nSPS) is 16.1. The van der Waals surface area contributed by atoms with E-state index in [9.17, 15) is 0 Å². The van der Waals surface area contributed by atoms with Crippen molar-refractivity contribution in [2.75, 3.05) is 139 Å². The number of tetrazole rings is 4. The van der Waals surface area contributed by atoms with Crippen LogP contribution in [0.4, 0.5) is 23.0 Å². The first-order valence-corrected chi connectivity index (χ1v) is 46.4. The molecule has 4 aliphatic rings. The quantitative estimate of drug-likeness (QED) is 0.0543. The van der Waals surface area contributed by atoms with Crippen LogP contribution < -0.4 is 29.1 Å². The molecule has 32 nitrogen and oxygen atoms in total. The molecule has 0 amide bonds. The first kappa shape index (κ1) is 91.2. The minimum absolute atomic E-state index is 0.135. The summed E-state index contributed by atoms with van der Waals surface area (Å²) in [5, 5.41) is 56.9. The van der Waals surface area contributed by atoms with Crippen LogP contribution in [0.3, 0.4) is 0 Å². The highest BCUT2D eigenvalue weighted by Crippen LogP contribution is 2.42. The molecule has 688 valence electrons. The minimum atomic E-state index is -0.260. The summed E-state index contributed by atoms with van der Waals surface area (Å²) in [4.78, 5) is 28.0. The largest absolute Gasteiger partial charge is 0.495 e. The molecule has 0 saturated carbocycles. The molecule has 20 rings (SSSR count). The van der Waals surface area contributed by atoms with Gasteiger partial charge in [0.05, 0.1) is 46.7 Å². The summed E-state index contributed by atoms with van der Waals surface area (Å²) >= 11 is 13.0. The third-order valence-electron chi connectivity index (χ3n) is 24.7. The van der Waals surface area contributed by atoms with Crippen molar-refractivity contribution in [3.8, 4) is 11.5 Å². The number of para-hydroxylation sites is 8. The molecule has 4 atom stereocenters. The highest BCUT2D eigenvalue weighted by Gasteiger charge is 2.41. The van der Waals surface area contributed by atoms with E-state index in [2.05, 4.69) is 239 Å². The van der Waals surface area contributed by atoms with E-state index in [-0.39, 0.29) is 35.2 Å². The molecule has 10 aromatic heterocycles. The van der Waals surface area contributed by atoms with Crippen LogP contribution in [0, 0.1) is 13.8 Å². The number of piperazine rings is 4. The number of nitrogens with zero attached hydrogens (tertiary/aromatic N) is 26. The fourth-order valence-electron chi connectivity index (χ4n) is 18.0. The van der Waals surface area contributed by atoms with E-state index < -0.39 is 0 Å². The standard InChI is InChI=1S/2C25H30N6O2.2C24H28ClN7O/c1-25(2,3)31-24(26-27-28-31)23(22-17-18-9-5-7-11-20(18)33-22)30-15-13-29(14-16-30)19-10-6-8-12-21(19)32-4;1-3-4-13-31-25(26-27-28-31)24(23-18-19-9-5-7-11-21(19)33-23)30-16-14-29(15-17-30)20-10-6-8-12-22(20)32-2;1-16-13-18(25)22(26-15-16)31-11-9-30(10-12-31)21(23-27-28-29-32(23)24(2,3)4)20-14-17-7-5-6-8-19(17)33-20;1-3-4-9-32-24(27-28-29-32)22(21-15-18-7-5-6-8-20(18)33-21)30-10-12-31(13-11-30)23-19(25)14-17(2)16-26-23/h5-12,17,23H,13-16H2,1-4H3;5-12,18,24H,3-4,13-17H2,1-2H3;5-8,13-15,21H,9-12H2,1-4H3;5-8,14-16,22H,3-4,9-13H2,1-2H3. The Bertz CT molecular complexity index is 6340. The fraction of sp³-hybridized carbons (Fsp3) is 0.408. The van der Waals surface area contributed by atoms with Gasteiger partial charge in [0, 0.05) is 152 Å². The molecule has 4 unspecified atom stereocenters. The van der Waals surface area contributed by atoms with Crippen molar-refractivity contribution in [3.63, 3.8) is 0 Å². The van der Waals surface area contributed by atoms with Crippen LogP contribution in [0.2, 0.25) is 10.0 Å². The molecule has 0 spiro atoms. The Labute approximate surface area is 778 Å². The fourth-order valence-corrected chi connectivity index (χ4v) is 18.7. The second kappa shape index (κ2) is 41.0. The molecule has 16 aromatic rings. The highest BCUT2D eigenvalue weighted by molar-refractivity contribution is 6.33. The molecule has 132 heavy (non-hydrogen) atoms. The monoisotopic (exact) mass is 1820 g/mol. The van der Waals surface area contributed by atoms with Crippen molar-refractivity contribution in [1.29, 1.82) is 0 Å². The highest BCUT2D eigenvalue weighted by atomic mass is 35.5. The van der Waals surface area contributed by atoms with E-state index in [1.807, 2.05) is 154 Å². The summed E-state index contributed by atoms with van der Waals surface area (Å²) in [5.41, 5.74) is 7.37. The third-order valence-corrected chi connectivity index (χ3v) is 25.3. The number of benzene rings is 6. The zero-order valence-electron chi connectivity index (χ0n) is 77.2. The lowest BCUT2D eigenvalue weighted by Gasteiger charge is -2.39. The topological polar surface area (TPSA) is 297 Å². The van der Waals surface area contributed by atoms with Crippen LogP contribution in [-0.2, 0) is 24.2 Å². The first-order chi connectivity index (χ1) is 64.2. The Hall–Kier alpha value is -12.7. The number of methoxy groups -OCH3 is 2.